The van der Waals surface area contributed by atoms with Gasteiger partial charge in [0.1, 0.15) is 6.04 Å². The Kier molecular flexibility index (Phi) is 3.92. The average molecular weight is 288 g/mol. The minimum Gasteiger partial charge on any atom is -0.480 e. The number of amides is 1. The molecule has 0 spiro atoms. The molecule has 0 bridgehead atoms. The number of fused-ring (bicyclic) bond motifs is 1. The Morgan fingerprint density at radius 3 is 2.71 bits per heavy atom. The SMILES string of the molecule is O=C(O)[C@@H]1CCCCN1C(=O)[C@H]1Cc2ccccc2CN1. The van der Waals surface area contributed by atoms with E-state index in [1.807, 2.05) is 18.2 Å². The lowest BCUT2D eigenvalue weighted by atomic mass is 9.93. The van der Waals surface area contributed by atoms with Crippen LogP contribution in [0.4, 0.5) is 0 Å². The molecule has 1 amide bonds. The van der Waals surface area contributed by atoms with Crippen LogP contribution in [0.3, 0.4) is 0 Å². The largest absolute Gasteiger partial charge is 0.480 e. The fourth-order valence-electron chi connectivity index (χ4n) is 3.28. The first-order chi connectivity index (χ1) is 10.2. The number of benzene rings is 1. The van der Waals surface area contributed by atoms with Crippen LogP contribution < -0.4 is 5.32 Å². The van der Waals surface area contributed by atoms with Gasteiger partial charge in [-0.15, -0.1) is 0 Å². The van der Waals surface area contributed by atoms with Crippen molar-refractivity contribution in [1.29, 1.82) is 0 Å². The van der Waals surface area contributed by atoms with E-state index < -0.39 is 12.0 Å². The topological polar surface area (TPSA) is 69.6 Å². The van der Waals surface area contributed by atoms with Crippen LogP contribution in [0.5, 0.6) is 0 Å². The first-order valence-electron chi connectivity index (χ1n) is 7.50. The molecule has 21 heavy (non-hydrogen) atoms. The standard InChI is InChI=1S/C16H20N2O3/c19-15(18-8-4-3-7-14(18)16(20)21)13-9-11-5-1-2-6-12(11)10-17-13/h1-2,5-6,13-14,17H,3-4,7-10H2,(H,20,21)/t13-,14+/m1/s1. The predicted molar refractivity (Wildman–Crippen MR) is 77.8 cm³/mol. The molecule has 1 aromatic rings. The molecule has 2 heterocycles. The molecule has 2 aliphatic rings. The summed E-state index contributed by atoms with van der Waals surface area (Å²) >= 11 is 0. The molecule has 1 saturated heterocycles. The molecule has 112 valence electrons. The second kappa shape index (κ2) is 5.85. The number of piperidine rings is 1. The average Bonchev–Trinajstić information content (AvgIpc) is 2.53. The zero-order valence-corrected chi connectivity index (χ0v) is 11.9. The van der Waals surface area contributed by atoms with Crippen LogP contribution in [0.1, 0.15) is 30.4 Å². The minimum atomic E-state index is -0.890. The summed E-state index contributed by atoms with van der Waals surface area (Å²) in [7, 11) is 0. The summed E-state index contributed by atoms with van der Waals surface area (Å²) < 4.78 is 0. The summed E-state index contributed by atoms with van der Waals surface area (Å²) in [5.74, 6) is -0.962. The molecular weight excluding hydrogens is 268 g/mol. The fraction of sp³-hybridized carbons (Fsp3) is 0.500. The van der Waals surface area contributed by atoms with Gasteiger partial charge in [0.15, 0.2) is 0 Å². The second-order valence-corrected chi connectivity index (χ2v) is 5.79. The van der Waals surface area contributed by atoms with Crippen LogP contribution in [-0.2, 0) is 22.6 Å². The Balaban J connectivity index is 1.75. The van der Waals surface area contributed by atoms with Crippen LogP contribution in [0.15, 0.2) is 24.3 Å². The first-order valence-corrected chi connectivity index (χ1v) is 7.50. The van der Waals surface area contributed by atoms with E-state index in [-0.39, 0.29) is 11.9 Å². The van der Waals surface area contributed by atoms with E-state index in [0.29, 0.717) is 25.9 Å². The maximum absolute atomic E-state index is 12.7. The molecule has 5 heteroatoms. The Labute approximate surface area is 123 Å². The van der Waals surface area contributed by atoms with Gasteiger partial charge in [-0.3, -0.25) is 4.79 Å². The summed E-state index contributed by atoms with van der Waals surface area (Å²) in [5, 5.41) is 12.5. The quantitative estimate of drug-likeness (QED) is 0.857. The number of rotatable bonds is 2. The van der Waals surface area contributed by atoms with E-state index in [2.05, 4.69) is 11.4 Å². The van der Waals surface area contributed by atoms with Gasteiger partial charge < -0.3 is 15.3 Å². The molecule has 0 unspecified atom stereocenters. The molecule has 1 fully saturated rings. The molecule has 0 saturated carbocycles. The van der Waals surface area contributed by atoms with Gasteiger partial charge in [-0.1, -0.05) is 24.3 Å². The van der Waals surface area contributed by atoms with Crippen LogP contribution >= 0.6 is 0 Å². The van der Waals surface area contributed by atoms with Crippen molar-refractivity contribution >= 4 is 11.9 Å². The Morgan fingerprint density at radius 2 is 1.95 bits per heavy atom. The van der Waals surface area contributed by atoms with Crippen LogP contribution in [0.25, 0.3) is 0 Å². The number of carboxylic acid groups (broad SMARTS) is 1. The molecule has 0 aliphatic carbocycles. The van der Waals surface area contributed by atoms with Crippen molar-refractivity contribution < 1.29 is 14.7 Å². The van der Waals surface area contributed by atoms with Crippen LogP contribution in [0.2, 0.25) is 0 Å². The second-order valence-electron chi connectivity index (χ2n) is 5.79. The van der Waals surface area contributed by atoms with Crippen molar-refractivity contribution in [3.8, 4) is 0 Å². The number of carboxylic acids is 1. The Morgan fingerprint density at radius 1 is 1.19 bits per heavy atom. The maximum Gasteiger partial charge on any atom is 0.326 e. The number of nitrogens with zero attached hydrogens (tertiary/aromatic N) is 1. The highest BCUT2D eigenvalue weighted by atomic mass is 16.4. The zero-order valence-electron chi connectivity index (χ0n) is 11.9. The molecule has 0 radical (unpaired) electrons. The number of aliphatic carboxylic acids is 1. The van der Waals surface area contributed by atoms with E-state index in [1.165, 1.54) is 11.1 Å². The minimum absolute atomic E-state index is 0.0726. The normalized spacial score (nSPS) is 25.2. The van der Waals surface area contributed by atoms with E-state index in [4.69, 9.17) is 0 Å². The van der Waals surface area contributed by atoms with Crippen molar-refractivity contribution in [1.82, 2.24) is 10.2 Å². The highest BCUT2D eigenvalue weighted by molar-refractivity contribution is 5.87. The van der Waals surface area contributed by atoms with Gasteiger partial charge in [0.25, 0.3) is 0 Å². The van der Waals surface area contributed by atoms with E-state index in [9.17, 15) is 14.7 Å². The Bertz CT molecular complexity index is 558. The molecule has 2 atom stereocenters. The lowest BCUT2D eigenvalue weighted by molar-refractivity contribution is -0.153. The van der Waals surface area contributed by atoms with Gasteiger partial charge in [0.2, 0.25) is 5.91 Å². The van der Waals surface area contributed by atoms with Gasteiger partial charge in [0.05, 0.1) is 6.04 Å². The lowest BCUT2D eigenvalue weighted by Gasteiger charge is -2.37. The summed E-state index contributed by atoms with van der Waals surface area (Å²) in [6.45, 7) is 1.22. The smallest absolute Gasteiger partial charge is 0.326 e. The highest BCUT2D eigenvalue weighted by Crippen LogP contribution is 2.22. The van der Waals surface area contributed by atoms with Crippen LogP contribution in [0, 0.1) is 0 Å². The van der Waals surface area contributed by atoms with Gasteiger partial charge in [0, 0.05) is 13.1 Å². The number of carbonyl (C=O) groups excluding carboxylic acids is 1. The summed E-state index contributed by atoms with van der Waals surface area (Å²) in [6.07, 6.45) is 2.96. The van der Waals surface area contributed by atoms with Crippen molar-refractivity contribution in [3.63, 3.8) is 0 Å². The third kappa shape index (κ3) is 2.78. The highest BCUT2D eigenvalue weighted by Gasteiger charge is 2.36. The molecular formula is C16H20N2O3. The third-order valence-electron chi connectivity index (χ3n) is 4.45. The molecule has 2 aliphatic heterocycles. The summed E-state index contributed by atoms with van der Waals surface area (Å²) in [4.78, 5) is 25.6. The number of hydrogen-bond acceptors (Lipinski definition) is 3. The van der Waals surface area contributed by atoms with E-state index in [1.54, 1.807) is 4.90 Å². The van der Waals surface area contributed by atoms with Crippen LogP contribution in [-0.4, -0.2) is 40.5 Å². The molecule has 1 aromatic carbocycles. The Hall–Kier alpha value is -1.88. The number of hydrogen-bond donors (Lipinski definition) is 2. The van der Waals surface area contributed by atoms with Gasteiger partial charge in [-0.25, -0.2) is 4.79 Å². The summed E-state index contributed by atoms with van der Waals surface area (Å²) in [5.41, 5.74) is 2.40. The van der Waals surface area contributed by atoms with Crippen molar-refractivity contribution in [3.05, 3.63) is 35.4 Å². The number of carbonyl (C=O) groups is 2. The zero-order chi connectivity index (χ0) is 14.8. The van der Waals surface area contributed by atoms with Gasteiger partial charge >= 0.3 is 5.97 Å². The van der Waals surface area contributed by atoms with E-state index >= 15 is 0 Å². The lowest BCUT2D eigenvalue weighted by Crippen LogP contribution is -2.56. The van der Waals surface area contributed by atoms with Crippen molar-refractivity contribution in [2.75, 3.05) is 6.54 Å². The number of nitrogens with one attached hydrogen (secondary N) is 1. The molecule has 5 nitrogen and oxygen atoms in total. The van der Waals surface area contributed by atoms with E-state index in [0.717, 1.165) is 12.8 Å². The fourth-order valence-corrected chi connectivity index (χ4v) is 3.28. The molecule has 0 aromatic heterocycles. The maximum atomic E-state index is 12.7. The van der Waals surface area contributed by atoms with Crippen molar-refractivity contribution in [2.45, 2.75) is 44.3 Å². The predicted octanol–water partition coefficient (Wildman–Crippen LogP) is 1.17. The number of likely N-dealkylation sites (tertiary alicyclic amines) is 1. The van der Waals surface area contributed by atoms with Crippen molar-refractivity contribution in [2.24, 2.45) is 0 Å². The van der Waals surface area contributed by atoms with Gasteiger partial charge in [-0.2, -0.15) is 0 Å². The van der Waals surface area contributed by atoms with Gasteiger partial charge in [-0.05, 0) is 36.8 Å². The third-order valence-corrected chi connectivity index (χ3v) is 4.45. The molecule has 2 N–H and O–H groups in total. The summed E-state index contributed by atoms with van der Waals surface area (Å²) in [6, 6.07) is 7.11. The monoisotopic (exact) mass is 288 g/mol. The first kappa shape index (κ1) is 14.1. The molecule has 3 rings (SSSR count).